The van der Waals surface area contributed by atoms with E-state index in [1.54, 1.807) is 0 Å². The van der Waals surface area contributed by atoms with Crippen LogP contribution in [0.25, 0.3) is 0 Å². The van der Waals surface area contributed by atoms with Crippen molar-refractivity contribution in [2.45, 2.75) is 13.8 Å². The molecular weight excluding hydrogens is 248 g/mol. The molecule has 0 aliphatic heterocycles. The molecule has 2 rings (SSSR count). The van der Waals surface area contributed by atoms with E-state index in [4.69, 9.17) is 17.3 Å². The van der Waals surface area contributed by atoms with Gasteiger partial charge in [-0.05, 0) is 37.1 Å². The Kier molecular flexibility index (Phi) is 3.39. The fourth-order valence-corrected chi connectivity index (χ4v) is 2.09. The standard InChI is InChI=1S/C13H15ClN4/c1-8-4-9(2)6-10(5-8)18(3)12-11(14)7-16-13(15)17-12/h4-7H,1-3H3,(H2,15,16,17). The number of benzene rings is 1. The Bertz CT molecular complexity index is 563. The van der Waals surface area contributed by atoms with Gasteiger partial charge in [0.1, 0.15) is 5.02 Å². The zero-order valence-corrected chi connectivity index (χ0v) is 11.4. The Hall–Kier alpha value is -1.81. The maximum atomic E-state index is 6.10. The Balaban J connectivity index is 2.47. The molecule has 5 heteroatoms. The molecule has 0 fully saturated rings. The van der Waals surface area contributed by atoms with Gasteiger partial charge in [0, 0.05) is 12.7 Å². The molecule has 4 nitrogen and oxygen atoms in total. The zero-order chi connectivity index (χ0) is 13.3. The number of rotatable bonds is 2. The van der Waals surface area contributed by atoms with Crippen LogP contribution in [0.4, 0.5) is 17.5 Å². The van der Waals surface area contributed by atoms with E-state index < -0.39 is 0 Å². The minimum Gasteiger partial charge on any atom is -0.368 e. The Morgan fingerprint density at radius 1 is 1.17 bits per heavy atom. The monoisotopic (exact) mass is 262 g/mol. The van der Waals surface area contributed by atoms with Crippen LogP contribution in [0, 0.1) is 13.8 Å². The number of aromatic nitrogens is 2. The molecule has 2 N–H and O–H groups in total. The minimum absolute atomic E-state index is 0.214. The summed E-state index contributed by atoms with van der Waals surface area (Å²) >= 11 is 6.10. The van der Waals surface area contributed by atoms with Crippen LogP contribution in [0.2, 0.25) is 5.02 Å². The van der Waals surface area contributed by atoms with E-state index in [-0.39, 0.29) is 5.95 Å². The third kappa shape index (κ3) is 2.54. The molecule has 0 bridgehead atoms. The first-order valence-corrected chi connectivity index (χ1v) is 5.95. The van der Waals surface area contributed by atoms with Crippen molar-refractivity contribution >= 4 is 29.1 Å². The van der Waals surface area contributed by atoms with Crippen molar-refractivity contribution in [3.63, 3.8) is 0 Å². The summed E-state index contributed by atoms with van der Waals surface area (Å²) in [7, 11) is 1.90. The summed E-state index contributed by atoms with van der Waals surface area (Å²) in [5.74, 6) is 0.819. The summed E-state index contributed by atoms with van der Waals surface area (Å²) < 4.78 is 0. The second kappa shape index (κ2) is 4.82. The molecule has 1 aromatic carbocycles. The van der Waals surface area contributed by atoms with Crippen LogP contribution in [0.3, 0.4) is 0 Å². The van der Waals surface area contributed by atoms with Gasteiger partial charge in [-0.15, -0.1) is 0 Å². The van der Waals surface area contributed by atoms with Crippen LogP contribution >= 0.6 is 11.6 Å². The lowest BCUT2D eigenvalue weighted by Gasteiger charge is -2.20. The lowest BCUT2D eigenvalue weighted by atomic mass is 10.1. The number of anilines is 3. The average Bonchev–Trinajstić information content (AvgIpc) is 2.30. The topological polar surface area (TPSA) is 55.0 Å². The Labute approximate surface area is 111 Å². The second-order valence-corrected chi connectivity index (χ2v) is 4.71. The van der Waals surface area contributed by atoms with E-state index >= 15 is 0 Å². The molecule has 0 amide bonds. The molecule has 0 radical (unpaired) electrons. The predicted octanol–water partition coefficient (Wildman–Crippen LogP) is 3.10. The van der Waals surface area contributed by atoms with Gasteiger partial charge in [-0.2, -0.15) is 4.98 Å². The first-order chi connectivity index (χ1) is 8.47. The van der Waals surface area contributed by atoms with E-state index in [9.17, 15) is 0 Å². The minimum atomic E-state index is 0.214. The van der Waals surface area contributed by atoms with Gasteiger partial charge < -0.3 is 10.6 Å². The van der Waals surface area contributed by atoms with E-state index in [1.807, 2.05) is 11.9 Å². The van der Waals surface area contributed by atoms with Gasteiger partial charge in [-0.1, -0.05) is 17.7 Å². The van der Waals surface area contributed by atoms with Crippen molar-refractivity contribution in [1.82, 2.24) is 9.97 Å². The molecule has 0 saturated heterocycles. The number of hydrogen-bond donors (Lipinski definition) is 1. The van der Waals surface area contributed by atoms with Gasteiger partial charge in [0.2, 0.25) is 5.95 Å². The van der Waals surface area contributed by atoms with Crippen molar-refractivity contribution < 1.29 is 0 Å². The van der Waals surface area contributed by atoms with Gasteiger partial charge in [0.15, 0.2) is 5.82 Å². The molecule has 0 aliphatic carbocycles. The van der Waals surface area contributed by atoms with Gasteiger partial charge in [-0.3, -0.25) is 0 Å². The third-order valence-electron chi connectivity index (χ3n) is 2.66. The molecule has 0 spiro atoms. The van der Waals surface area contributed by atoms with Gasteiger partial charge in [-0.25, -0.2) is 4.98 Å². The fourth-order valence-electron chi connectivity index (χ4n) is 1.87. The van der Waals surface area contributed by atoms with Crippen molar-refractivity contribution in [1.29, 1.82) is 0 Å². The second-order valence-electron chi connectivity index (χ2n) is 4.30. The number of nitrogen functional groups attached to an aromatic ring is 1. The maximum Gasteiger partial charge on any atom is 0.222 e. The first-order valence-electron chi connectivity index (χ1n) is 5.57. The van der Waals surface area contributed by atoms with Crippen LogP contribution in [0.1, 0.15) is 11.1 Å². The Morgan fingerprint density at radius 2 is 1.78 bits per heavy atom. The molecule has 0 aliphatic rings. The van der Waals surface area contributed by atoms with Crippen LogP contribution < -0.4 is 10.6 Å². The highest BCUT2D eigenvalue weighted by Crippen LogP contribution is 2.29. The largest absolute Gasteiger partial charge is 0.368 e. The van der Waals surface area contributed by atoms with Crippen molar-refractivity contribution in [2.24, 2.45) is 0 Å². The van der Waals surface area contributed by atoms with Crippen LogP contribution in [-0.2, 0) is 0 Å². The fraction of sp³-hybridized carbons (Fsp3) is 0.231. The average molecular weight is 263 g/mol. The SMILES string of the molecule is Cc1cc(C)cc(N(C)c2nc(N)ncc2Cl)c1. The number of nitrogens with zero attached hydrogens (tertiary/aromatic N) is 3. The molecule has 18 heavy (non-hydrogen) atoms. The van der Waals surface area contributed by atoms with Crippen LogP contribution in [0.15, 0.2) is 24.4 Å². The highest BCUT2D eigenvalue weighted by atomic mass is 35.5. The van der Waals surface area contributed by atoms with E-state index in [0.29, 0.717) is 10.8 Å². The molecule has 1 aromatic heterocycles. The number of aryl methyl sites for hydroxylation is 2. The van der Waals surface area contributed by atoms with Gasteiger partial charge >= 0.3 is 0 Å². The summed E-state index contributed by atoms with van der Waals surface area (Å²) in [6, 6.07) is 6.26. The highest BCUT2D eigenvalue weighted by Gasteiger charge is 2.11. The molecule has 0 unspecified atom stereocenters. The first kappa shape index (κ1) is 12.6. The number of nitrogens with two attached hydrogens (primary N) is 1. The van der Waals surface area contributed by atoms with E-state index in [0.717, 1.165) is 5.69 Å². The third-order valence-corrected chi connectivity index (χ3v) is 2.92. The van der Waals surface area contributed by atoms with Crippen molar-refractivity contribution in [3.05, 3.63) is 40.5 Å². The maximum absolute atomic E-state index is 6.10. The molecule has 1 heterocycles. The summed E-state index contributed by atoms with van der Waals surface area (Å²) in [4.78, 5) is 9.93. The normalized spacial score (nSPS) is 10.4. The molecule has 94 valence electrons. The molecule has 0 atom stereocenters. The van der Waals surface area contributed by atoms with E-state index in [1.165, 1.54) is 17.3 Å². The smallest absolute Gasteiger partial charge is 0.222 e. The quantitative estimate of drug-likeness (QED) is 0.904. The lowest BCUT2D eigenvalue weighted by molar-refractivity contribution is 1.09. The predicted molar refractivity (Wildman–Crippen MR) is 75.4 cm³/mol. The Morgan fingerprint density at radius 3 is 2.39 bits per heavy atom. The van der Waals surface area contributed by atoms with Crippen molar-refractivity contribution in [2.75, 3.05) is 17.7 Å². The van der Waals surface area contributed by atoms with Crippen LogP contribution in [-0.4, -0.2) is 17.0 Å². The summed E-state index contributed by atoms with van der Waals surface area (Å²) in [5, 5.41) is 0.478. The van der Waals surface area contributed by atoms with Gasteiger partial charge in [0.25, 0.3) is 0 Å². The summed E-state index contributed by atoms with van der Waals surface area (Å²) in [6.07, 6.45) is 1.51. The lowest BCUT2D eigenvalue weighted by Crippen LogP contribution is -2.13. The summed E-state index contributed by atoms with van der Waals surface area (Å²) in [5.41, 5.74) is 9.00. The van der Waals surface area contributed by atoms with Crippen LogP contribution in [0.5, 0.6) is 0 Å². The molecular formula is C13H15ClN4. The zero-order valence-electron chi connectivity index (χ0n) is 10.6. The molecule has 0 saturated carbocycles. The van der Waals surface area contributed by atoms with Gasteiger partial charge in [0.05, 0.1) is 6.20 Å². The highest BCUT2D eigenvalue weighted by molar-refractivity contribution is 6.33. The number of halogens is 1. The summed E-state index contributed by atoms with van der Waals surface area (Å²) in [6.45, 7) is 4.11. The van der Waals surface area contributed by atoms with E-state index in [2.05, 4.69) is 42.0 Å². The van der Waals surface area contributed by atoms with Crippen molar-refractivity contribution in [3.8, 4) is 0 Å². The number of hydrogen-bond acceptors (Lipinski definition) is 4. The molecule has 2 aromatic rings.